The van der Waals surface area contributed by atoms with Crippen molar-refractivity contribution in [2.24, 2.45) is 7.05 Å². The van der Waals surface area contributed by atoms with Crippen LogP contribution in [0.15, 0.2) is 36.7 Å². The van der Waals surface area contributed by atoms with Crippen LogP contribution in [0.4, 0.5) is 0 Å². The van der Waals surface area contributed by atoms with Crippen molar-refractivity contribution in [2.45, 2.75) is 19.1 Å². The first-order valence-electron chi connectivity index (χ1n) is 5.98. The average molecular weight is 246 g/mol. The van der Waals surface area contributed by atoms with Gasteiger partial charge in [0.1, 0.15) is 12.2 Å². The smallest absolute Gasteiger partial charge is 0.149 e. The van der Waals surface area contributed by atoms with Crippen LogP contribution in [-0.4, -0.2) is 26.4 Å². The molecule has 0 aliphatic carbocycles. The summed E-state index contributed by atoms with van der Waals surface area (Å²) in [5, 5.41) is 21.2. The van der Waals surface area contributed by atoms with E-state index >= 15 is 0 Å². The Morgan fingerprint density at radius 3 is 2.67 bits per heavy atom. The monoisotopic (exact) mass is 246 g/mol. The maximum absolute atomic E-state index is 10.0. The molecule has 0 bridgehead atoms. The second-order valence-corrected chi connectivity index (χ2v) is 4.36. The summed E-state index contributed by atoms with van der Waals surface area (Å²) >= 11 is 0. The number of aliphatic hydroxyl groups excluding tert-OH is 1. The molecule has 0 saturated carbocycles. The summed E-state index contributed by atoms with van der Waals surface area (Å²) in [5.41, 5.74) is 0.912. The van der Waals surface area contributed by atoms with Crippen molar-refractivity contribution in [1.29, 1.82) is 0 Å². The molecule has 96 valence electrons. The van der Waals surface area contributed by atoms with E-state index in [-0.39, 0.29) is 6.04 Å². The third-order valence-corrected chi connectivity index (χ3v) is 2.94. The Bertz CT molecular complexity index is 483. The minimum Gasteiger partial charge on any atom is -0.387 e. The zero-order valence-corrected chi connectivity index (χ0v) is 10.6. The second kappa shape index (κ2) is 5.75. The van der Waals surface area contributed by atoms with Crippen molar-refractivity contribution in [2.75, 3.05) is 6.54 Å². The SMILES string of the molecule is CC(NCC(O)c1ccccc1)c1nncn1C. The molecule has 18 heavy (non-hydrogen) atoms. The molecular formula is C13H18N4O. The summed E-state index contributed by atoms with van der Waals surface area (Å²) in [7, 11) is 1.90. The number of nitrogens with one attached hydrogen (secondary N) is 1. The number of aliphatic hydroxyl groups is 1. The first-order valence-corrected chi connectivity index (χ1v) is 5.98. The molecule has 0 fully saturated rings. The van der Waals surface area contributed by atoms with Gasteiger partial charge in [-0.1, -0.05) is 30.3 Å². The van der Waals surface area contributed by atoms with Crippen molar-refractivity contribution in [3.63, 3.8) is 0 Å². The van der Waals surface area contributed by atoms with Crippen LogP contribution in [0.5, 0.6) is 0 Å². The lowest BCUT2D eigenvalue weighted by atomic mass is 10.1. The molecule has 2 unspecified atom stereocenters. The second-order valence-electron chi connectivity index (χ2n) is 4.36. The molecule has 0 aliphatic rings. The highest BCUT2D eigenvalue weighted by atomic mass is 16.3. The molecule has 5 heteroatoms. The zero-order valence-electron chi connectivity index (χ0n) is 10.6. The normalized spacial score (nSPS) is 14.4. The van der Waals surface area contributed by atoms with Gasteiger partial charge in [-0.15, -0.1) is 10.2 Å². The molecule has 1 aromatic heterocycles. The standard InChI is InChI=1S/C13H18N4O/c1-10(13-16-15-9-17(13)2)14-8-12(18)11-6-4-3-5-7-11/h3-7,9-10,12,14,18H,8H2,1-2H3. The summed E-state index contributed by atoms with van der Waals surface area (Å²) in [4.78, 5) is 0. The van der Waals surface area contributed by atoms with E-state index in [0.29, 0.717) is 6.54 Å². The van der Waals surface area contributed by atoms with Gasteiger partial charge in [-0.2, -0.15) is 0 Å². The van der Waals surface area contributed by atoms with E-state index in [1.54, 1.807) is 6.33 Å². The molecule has 0 saturated heterocycles. The predicted molar refractivity (Wildman–Crippen MR) is 68.8 cm³/mol. The zero-order chi connectivity index (χ0) is 13.0. The third kappa shape index (κ3) is 2.94. The van der Waals surface area contributed by atoms with Gasteiger partial charge in [0.25, 0.3) is 0 Å². The molecule has 2 N–H and O–H groups in total. The van der Waals surface area contributed by atoms with E-state index in [9.17, 15) is 5.11 Å². The maximum atomic E-state index is 10.0. The fraction of sp³-hybridized carbons (Fsp3) is 0.385. The molecular weight excluding hydrogens is 228 g/mol. The molecule has 5 nitrogen and oxygen atoms in total. The average Bonchev–Trinajstić information content (AvgIpc) is 2.83. The molecule has 1 heterocycles. The molecule has 0 amide bonds. The quantitative estimate of drug-likeness (QED) is 0.832. The van der Waals surface area contributed by atoms with Crippen LogP contribution in [-0.2, 0) is 7.05 Å². The van der Waals surface area contributed by atoms with Crippen molar-refractivity contribution in [1.82, 2.24) is 20.1 Å². The van der Waals surface area contributed by atoms with Crippen LogP contribution < -0.4 is 5.32 Å². The number of nitrogens with zero attached hydrogens (tertiary/aromatic N) is 3. The Balaban J connectivity index is 1.90. The number of benzene rings is 1. The highest BCUT2D eigenvalue weighted by Crippen LogP contribution is 2.13. The maximum Gasteiger partial charge on any atom is 0.149 e. The van der Waals surface area contributed by atoms with Crippen molar-refractivity contribution >= 4 is 0 Å². The minimum absolute atomic E-state index is 0.0517. The summed E-state index contributed by atoms with van der Waals surface area (Å²) in [5.74, 6) is 0.857. The number of hydrogen-bond acceptors (Lipinski definition) is 4. The van der Waals surface area contributed by atoms with E-state index in [4.69, 9.17) is 0 Å². The number of aromatic nitrogens is 3. The lowest BCUT2D eigenvalue weighted by Gasteiger charge is -2.16. The van der Waals surface area contributed by atoms with Gasteiger partial charge < -0.3 is 15.0 Å². The van der Waals surface area contributed by atoms with E-state index in [2.05, 4.69) is 15.5 Å². The molecule has 2 atom stereocenters. The molecule has 0 radical (unpaired) electrons. The summed E-state index contributed by atoms with van der Waals surface area (Å²) in [6.07, 6.45) is 1.16. The predicted octanol–water partition coefficient (Wildman–Crippen LogP) is 1.20. The molecule has 2 aromatic rings. The highest BCUT2D eigenvalue weighted by molar-refractivity contribution is 5.17. The minimum atomic E-state index is -0.512. The van der Waals surface area contributed by atoms with E-state index in [1.807, 2.05) is 48.9 Å². The largest absolute Gasteiger partial charge is 0.387 e. The first kappa shape index (κ1) is 12.7. The van der Waals surface area contributed by atoms with E-state index < -0.39 is 6.10 Å². The van der Waals surface area contributed by atoms with Crippen LogP contribution in [0, 0.1) is 0 Å². The Kier molecular flexibility index (Phi) is 4.07. The summed E-state index contributed by atoms with van der Waals surface area (Å²) in [6.45, 7) is 2.49. The van der Waals surface area contributed by atoms with Gasteiger partial charge in [0.15, 0.2) is 0 Å². The van der Waals surface area contributed by atoms with Gasteiger partial charge in [0.05, 0.1) is 12.1 Å². The Hall–Kier alpha value is -1.72. The van der Waals surface area contributed by atoms with Gasteiger partial charge in [0, 0.05) is 13.6 Å². The number of rotatable bonds is 5. The number of hydrogen-bond donors (Lipinski definition) is 2. The topological polar surface area (TPSA) is 63.0 Å². The van der Waals surface area contributed by atoms with Crippen molar-refractivity contribution in [3.8, 4) is 0 Å². The fourth-order valence-electron chi connectivity index (χ4n) is 1.86. The fourth-order valence-corrected chi connectivity index (χ4v) is 1.86. The molecule has 2 rings (SSSR count). The Morgan fingerprint density at radius 1 is 1.33 bits per heavy atom. The summed E-state index contributed by atoms with van der Waals surface area (Å²) in [6, 6.07) is 9.66. The molecule has 1 aromatic carbocycles. The van der Waals surface area contributed by atoms with Crippen LogP contribution in [0.3, 0.4) is 0 Å². The third-order valence-electron chi connectivity index (χ3n) is 2.94. The highest BCUT2D eigenvalue weighted by Gasteiger charge is 2.13. The summed E-state index contributed by atoms with van der Waals surface area (Å²) < 4.78 is 1.87. The van der Waals surface area contributed by atoms with Crippen LogP contribution in [0.2, 0.25) is 0 Å². The van der Waals surface area contributed by atoms with Gasteiger partial charge in [-0.05, 0) is 12.5 Å². The van der Waals surface area contributed by atoms with Gasteiger partial charge >= 0.3 is 0 Å². The molecule has 0 spiro atoms. The Labute approximate surface area is 106 Å². The van der Waals surface area contributed by atoms with Crippen LogP contribution in [0.1, 0.15) is 30.5 Å². The first-order chi connectivity index (χ1) is 8.68. The van der Waals surface area contributed by atoms with Crippen molar-refractivity contribution in [3.05, 3.63) is 48.0 Å². The van der Waals surface area contributed by atoms with Gasteiger partial charge in [-0.3, -0.25) is 0 Å². The lowest BCUT2D eigenvalue weighted by Crippen LogP contribution is -2.26. The lowest BCUT2D eigenvalue weighted by molar-refractivity contribution is 0.170. The number of aryl methyl sites for hydroxylation is 1. The van der Waals surface area contributed by atoms with Gasteiger partial charge in [0.2, 0.25) is 0 Å². The van der Waals surface area contributed by atoms with Crippen molar-refractivity contribution < 1.29 is 5.11 Å². The molecule has 0 aliphatic heterocycles. The van der Waals surface area contributed by atoms with Gasteiger partial charge in [-0.25, -0.2) is 0 Å². The van der Waals surface area contributed by atoms with E-state index in [0.717, 1.165) is 11.4 Å². The van der Waals surface area contributed by atoms with Crippen LogP contribution in [0.25, 0.3) is 0 Å². The van der Waals surface area contributed by atoms with E-state index in [1.165, 1.54) is 0 Å². The van der Waals surface area contributed by atoms with Crippen LogP contribution >= 0.6 is 0 Å². The Morgan fingerprint density at radius 2 is 2.06 bits per heavy atom.